The fourth-order valence-corrected chi connectivity index (χ4v) is 3.41. The lowest BCUT2D eigenvalue weighted by Gasteiger charge is -2.20. The Balaban J connectivity index is 1.68. The highest BCUT2D eigenvalue weighted by Crippen LogP contribution is 2.35. The molecule has 0 spiro atoms. The maximum atomic E-state index is 3.70. The zero-order valence-corrected chi connectivity index (χ0v) is 12.7. The van der Waals surface area contributed by atoms with Gasteiger partial charge in [0.25, 0.3) is 0 Å². The smallest absolute Gasteiger partial charge is 0.0489 e. The van der Waals surface area contributed by atoms with Crippen LogP contribution in [0.15, 0.2) is 22.7 Å². The Hall–Kier alpha value is -0.540. The Labute approximate surface area is 118 Å². The van der Waals surface area contributed by atoms with Crippen LogP contribution in [-0.2, 0) is 0 Å². The molecule has 3 rings (SSSR count). The van der Waals surface area contributed by atoms with E-state index in [0.29, 0.717) is 6.04 Å². The number of aryl methyl sites for hydroxylation is 1. The van der Waals surface area contributed by atoms with E-state index in [1.54, 1.807) is 0 Å². The summed E-state index contributed by atoms with van der Waals surface area (Å²) in [5, 5.41) is 3.70. The number of rotatable bonds is 3. The molecule has 0 bridgehead atoms. The van der Waals surface area contributed by atoms with Crippen LogP contribution in [0, 0.1) is 6.92 Å². The van der Waals surface area contributed by atoms with Gasteiger partial charge >= 0.3 is 0 Å². The number of anilines is 1. The van der Waals surface area contributed by atoms with Gasteiger partial charge in [-0.25, -0.2) is 0 Å². The summed E-state index contributed by atoms with van der Waals surface area (Å²) in [6.45, 7) is 5.71. The molecular weight excluding hydrogens is 288 g/mol. The molecule has 1 heterocycles. The zero-order chi connectivity index (χ0) is 12.7. The molecule has 1 aliphatic heterocycles. The third-order valence-electron chi connectivity index (χ3n) is 4.12. The van der Waals surface area contributed by atoms with Crippen LogP contribution < -0.4 is 5.32 Å². The van der Waals surface area contributed by atoms with Crippen molar-refractivity contribution in [3.8, 4) is 0 Å². The molecule has 1 saturated heterocycles. The van der Waals surface area contributed by atoms with E-state index in [9.17, 15) is 0 Å². The Kier molecular flexibility index (Phi) is 3.37. The number of halogens is 1. The van der Waals surface area contributed by atoms with E-state index in [4.69, 9.17) is 0 Å². The molecule has 1 aromatic rings. The highest BCUT2D eigenvalue weighted by molar-refractivity contribution is 9.10. The van der Waals surface area contributed by atoms with Crippen molar-refractivity contribution < 1.29 is 0 Å². The molecular formula is C15H21BrN2. The minimum atomic E-state index is 0.596. The third kappa shape index (κ3) is 2.57. The molecule has 1 saturated carbocycles. The molecule has 98 valence electrons. The van der Waals surface area contributed by atoms with Crippen molar-refractivity contribution in [2.45, 2.75) is 51.2 Å². The van der Waals surface area contributed by atoms with Crippen molar-refractivity contribution in [3.63, 3.8) is 0 Å². The SMILES string of the molecule is Cc1ccc(Br)c(NC2CC(C)N(C3CC3)C2)c1. The van der Waals surface area contributed by atoms with E-state index < -0.39 is 0 Å². The normalized spacial score (nSPS) is 28.6. The molecule has 2 unspecified atom stereocenters. The molecule has 0 amide bonds. The van der Waals surface area contributed by atoms with Gasteiger partial charge in [-0.1, -0.05) is 6.07 Å². The van der Waals surface area contributed by atoms with Gasteiger partial charge < -0.3 is 5.32 Å². The summed E-state index contributed by atoms with van der Waals surface area (Å²) in [5.41, 5.74) is 2.55. The highest BCUT2D eigenvalue weighted by atomic mass is 79.9. The van der Waals surface area contributed by atoms with E-state index in [2.05, 4.69) is 58.2 Å². The van der Waals surface area contributed by atoms with Crippen molar-refractivity contribution >= 4 is 21.6 Å². The first-order chi connectivity index (χ1) is 8.63. The van der Waals surface area contributed by atoms with Crippen LogP contribution in [0.1, 0.15) is 31.7 Å². The second-order valence-corrected chi connectivity index (χ2v) is 6.69. The molecule has 1 aliphatic carbocycles. The fraction of sp³-hybridized carbons (Fsp3) is 0.600. The number of likely N-dealkylation sites (tertiary alicyclic amines) is 1. The Bertz CT molecular complexity index is 442. The third-order valence-corrected chi connectivity index (χ3v) is 4.81. The van der Waals surface area contributed by atoms with Gasteiger partial charge in [-0.05, 0) is 66.7 Å². The maximum absolute atomic E-state index is 3.70. The number of hydrogen-bond donors (Lipinski definition) is 1. The van der Waals surface area contributed by atoms with Gasteiger partial charge in [0.2, 0.25) is 0 Å². The van der Waals surface area contributed by atoms with Crippen molar-refractivity contribution in [1.82, 2.24) is 4.90 Å². The van der Waals surface area contributed by atoms with Gasteiger partial charge in [-0.3, -0.25) is 4.90 Å². The van der Waals surface area contributed by atoms with E-state index in [1.807, 2.05) is 0 Å². The monoisotopic (exact) mass is 308 g/mol. The van der Waals surface area contributed by atoms with Crippen LogP contribution in [0.2, 0.25) is 0 Å². The molecule has 0 aromatic heterocycles. The molecule has 2 aliphatic rings. The first-order valence-electron chi connectivity index (χ1n) is 6.92. The average Bonchev–Trinajstić information content (AvgIpc) is 3.09. The average molecular weight is 309 g/mol. The van der Waals surface area contributed by atoms with E-state index in [0.717, 1.165) is 12.1 Å². The zero-order valence-electron chi connectivity index (χ0n) is 11.1. The molecule has 2 atom stereocenters. The largest absolute Gasteiger partial charge is 0.380 e. The summed E-state index contributed by atoms with van der Waals surface area (Å²) in [4.78, 5) is 2.68. The minimum Gasteiger partial charge on any atom is -0.380 e. The Morgan fingerprint density at radius 3 is 2.83 bits per heavy atom. The van der Waals surface area contributed by atoms with Gasteiger partial charge in [0.15, 0.2) is 0 Å². The lowest BCUT2D eigenvalue weighted by atomic mass is 10.1. The van der Waals surface area contributed by atoms with E-state index in [1.165, 1.54) is 41.5 Å². The highest BCUT2D eigenvalue weighted by Gasteiger charge is 2.38. The topological polar surface area (TPSA) is 15.3 Å². The van der Waals surface area contributed by atoms with Crippen molar-refractivity contribution in [3.05, 3.63) is 28.2 Å². The summed E-state index contributed by atoms with van der Waals surface area (Å²) < 4.78 is 1.17. The van der Waals surface area contributed by atoms with Gasteiger partial charge in [0.1, 0.15) is 0 Å². The van der Waals surface area contributed by atoms with Crippen LogP contribution in [0.25, 0.3) is 0 Å². The van der Waals surface area contributed by atoms with Gasteiger partial charge in [-0.2, -0.15) is 0 Å². The number of benzene rings is 1. The minimum absolute atomic E-state index is 0.596. The summed E-state index contributed by atoms with van der Waals surface area (Å²) >= 11 is 3.63. The summed E-state index contributed by atoms with van der Waals surface area (Å²) in [6, 6.07) is 8.72. The standard InChI is InChI=1S/C15H21BrN2/c1-10-3-6-14(16)15(7-10)17-12-8-11(2)18(9-12)13-4-5-13/h3,6-7,11-13,17H,4-5,8-9H2,1-2H3. The molecule has 2 fully saturated rings. The van der Waals surface area contributed by atoms with Crippen molar-refractivity contribution in [2.24, 2.45) is 0 Å². The van der Waals surface area contributed by atoms with Crippen LogP contribution in [0.5, 0.6) is 0 Å². The number of hydrogen-bond acceptors (Lipinski definition) is 2. The Morgan fingerprint density at radius 1 is 1.33 bits per heavy atom. The molecule has 2 nitrogen and oxygen atoms in total. The first kappa shape index (κ1) is 12.5. The lowest BCUT2D eigenvalue weighted by molar-refractivity contribution is 0.257. The molecule has 0 radical (unpaired) electrons. The van der Waals surface area contributed by atoms with Gasteiger partial charge in [0, 0.05) is 34.8 Å². The second-order valence-electron chi connectivity index (χ2n) is 5.84. The van der Waals surface area contributed by atoms with E-state index >= 15 is 0 Å². The predicted molar refractivity (Wildman–Crippen MR) is 80.1 cm³/mol. The fourth-order valence-electron chi connectivity index (χ4n) is 3.05. The molecule has 18 heavy (non-hydrogen) atoms. The van der Waals surface area contributed by atoms with Crippen LogP contribution in [0.4, 0.5) is 5.69 Å². The Morgan fingerprint density at radius 2 is 2.11 bits per heavy atom. The summed E-state index contributed by atoms with van der Waals surface area (Å²) in [7, 11) is 0. The number of nitrogens with zero attached hydrogens (tertiary/aromatic N) is 1. The van der Waals surface area contributed by atoms with Gasteiger partial charge in [0.05, 0.1) is 0 Å². The van der Waals surface area contributed by atoms with Crippen LogP contribution >= 0.6 is 15.9 Å². The predicted octanol–water partition coefficient (Wildman–Crippen LogP) is 3.79. The van der Waals surface area contributed by atoms with E-state index in [-0.39, 0.29) is 0 Å². The molecule has 1 N–H and O–H groups in total. The van der Waals surface area contributed by atoms with Gasteiger partial charge in [-0.15, -0.1) is 0 Å². The van der Waals surface area contributed by atoms with Crippen LogP contribution in [-0.4, -0.2) is 29.6 Å². The van der Waals surface area contributed by atoms with Crippen LogP contribution in [0.3, 0.4) is 0 Å². The first-order valence-corrected chi connectivity index (χ1v) is 7.71. The van der Waals surface area contributed by atoms with Crippen molar-refractivity contribution in [2.75, 3.05) is 11.9 Å². The summed E-state index contributed by atoms with van der Waals surface area (Å²) in [5.74, 6) is 0. The quantitative estimate of drug-likeness (QED) is 0.914. The molecule has 1 aromatic carbocycles. The van der Waals surface area contributed by atoms with Crippen molar-refractivity contribution in [1.29, 1.82) is 0 Å². The molecule has 3 heteroatoms. The lowest BCUT2D eigenvalue weighted by Crippen LogP contribution is -2.31. The number of nitrogens with one attached hydrogen (secondary N) is 1. The maximum Gasteiger partial charge on any atom is 0.0489 e. The second kappa shape index (κ2) is 4.86. The summed E-state index contributed by atoms with van der Waals surface area (Å²) in [6.07, 6.45) is 4.08.